The molecule has 0 saturated carbocycles. The quantitative estimate of drug-likeness (QED) is 0.611. The highest BCUT2D eigenvalue weighted by Gasteiger charge is 2.15. The van der Waals surface area contributed by atoms with Crippen LogP contribution < -0.4 is 5.32 Å². The molecule has 0 aliphatic carbocycles. The van der Waals surface area contributed by atoms with Gasteiger partial charge in [0.1, 0.15) is 6.61 Å². The highest BCUT2D eigenvalue weighted by Crippen LogP contribution is 2.19. The predicted molar refractivity (Wildman–Crippen MR) is 95.1 cm³/mol. The van der Waals surface area contributed by atoms with Gasteiger partial charge in [0.2, 0.25) is 0 Å². The SMILES string of the molecule is C=CCC(NC(=O)OCc1ccccc1)c1ccc(C(=O)OC)cc1. The smallest absolute Gasteiger partial charge is 0.407 e. The van der Waals surface area contributed by atoms with Crippen molar-refractivity contribution in [1.29, 1.82) is 0 Å². The van der Waals surface area contributed by atoms with Crippen molar-refractivity contribution in [2.24, 2.45) is 0 Å². The molecule has 0 aliphatic rings. The topological polar surface area (TPSA) is 64.6 Å². The molecule has 2 aromatic carbocycles. The van der Waals surface area contributed by atoms with Crippen molar-refractivity contribution in [2.45, 2.75) is 19.1 Å². The van der Waals surface area contributed by atoms with Gasteiger partial charge in [-0.05, 0) is 29.7 Å². The summed E-state index contributed by atoms with van der Waals surface area (Å²) < 4.78 is 9.93. The molecule has 0 fully saturated rings. The van der Waals surface area contributed by atoms with E-state index in [2.05, 4.69) is 16.6 Å². The van der Waals surface area contributed by atoms with E-state index in [-0.39, 0.29) is 12.6 Å². The van der Waals surface area contributed by atoms with Crippen LogP contribution in [0, 0.1) is 0 Å². The molecule has 0 saturated heterocycles. The monoisotopic (exact) mass is 339 g/mol. The van der Waals surface area contributed by atoms with Crippen molar-refractivity contribution in [3.63, 3.8) is 0 Å². The first kappa shape index (κ1) is 18.3. The van der Waals surface area contributed by atoms with Gasteiger partial charge in [0.05, 0.1) is 18.7 Å². The lowest BCUT2D eigenvalue weighted by atomic mass is 10.0. The molecule has 1 atom stereocenters. The molecule has 2 rings (SSSR count). The largest absolute Gasteiger partial charge is 0.465 e. The van der Waals surface area contributed by atoms with Gasteiger partial charge in [-0.1, -0.05) is 48.5 Å². The zero-order valence-corrected chi connectivity index (χ0v) is 14.1. The third-order valence-electron chi connectivity index (χ3n) is 3.64. The van der Waals surface area contributed by atoms with Gasteiger partial charge in [-0.25, -0.2) is 9.59 Å². The first-order chi connectivity index (χ1) is 12.1. The number of methoxy groups -OCH3 is 1. The van der Waals surface area contributed by atoms with Crippen LogP contribution in [0.25, 0.3) is 0 Å². The lowest BCUT2D eigenvalue weighted by Crippen LogP contribution is -2.28. The lowest BCUT2D eigenvalue weighted by Gasteiger charge is -2.18. The first-order valence-corrected chi connectivity index (χ1v) is 7.90. The summed E-state index contributed by atoms with van der Waals surface area (Å²) >= 11 is 0. The van der Waals surface area contributed by atoms with E-state index in [0.29, 0.717) is 12.0 Å². The van der Waals surface area contributed by atoms with Crippen LogP contribution >= 0.6 is 0 Å². The van der Waals surface area contributed by atoms with E-state index in [9.17, 15) is 9.59 Å². The molecule has 1 amide bonds. The second-order valence-corrected chi connectivity index (χ2v) is 5.40. The highest BCUT2D eigenvalue weighted by molar-refractivity contribution is 5.89. The number of rotatable bonds is 7. The molecule has 0 spiro atoms. The van der Waals surface area contributed by atoms with Crippen LogP contribution in [0.1, 0.15) is 33.9 Å². The predicted octanol–water partition coefficient (Wildman–Crippen LogP) is 4.02. The van der Waals surface area contributed by atoms with E-state index in [1.54, 1.807) is 30.3 Å². The zero-order valence-electron chi connectivity index (χ0n) is 14.1. The average Bonchev–Trinajstić information content (AvgIpc) is 2.66. The Hall–Kier alpha value is -3.08. The van der Waals surface area contributed by atoms with Crippen molar-refractivity contribution in [2.75, 3.05) is 7.11 Å². The second-order valence-electron chi connectivity index (χ2n) is 5.40. The van der Waals surface area contributed by atoms with Gasteiger partial charge in [0, 0.05) is 0 Å². The number of esters is 1. The fraction of sp³-hybridized carbons (Fsp3) is 0.200. The Morgan fingerprint density at radius 2 is 1.80 bits per heavy atom. The van der Waals surface area contributed by atoms with E-state index in [1.807, 2.05) is 30.3 Å². The van der Waals surface area contributed by atoms with Gasteiger partial charge < -0.3 is 14.8 Å². The highest BCUT2D eigenvalue weighted by atomic mass is 16.5. The number of amides is 1. The third-order valence-corrected chi connectivity index (χ3v) is 3.64. The summed E-state index contributed by atoms with van der Waals surface area (Å²) in [6, 6.07) is 16.0. The minimum Gasteiger partial charge on any atom is -0.465 e. The van der Waals surface area contributed by atoms with Gasteiger partial charge in [-0.15, -0.1) is 6.58 Å². The van der Waals surface area contributed by atoms with Gasteiger partial charge in [0.15, 0.2) is 0 Å². The van der Waals surface area contributed by atoms with Crippen molar-refractivity contribution >= 4 is 12.1 Å². The van der Waals surface area contributed by atoms with Gasteiger partial charge >= 0.3 is 12.1 Å². The number of carbonyl (C=O) groups excluding carboxylic acids is 2. The number of ether oxygens (including phenoxy) is 2. The van der Waals surface area contributed by atoms with Crippen molar-refractivity contribution in [3.8, 4) is 0 Å². The molecule has 1 unspecified atom stereocenters. The second kappa shape index (κ2) is 9.27. The van der Waals surface area contributed by atoms with E-state index in [4.69, 9.17) is 4.74 Å². The van der Waals surface area contributed by atoms with E-state index in [0.717, 1.165) is 11.1 Å². The number of nitrogens with one attached hydrogen (secondary N) is 1. The fourth-order valence-corrected chi connectivity index (χ4v) is 2.32. The zero-order chi connectivity index (χ0) is 18.1. The standard InChI is InChI=1S/C20H21NO4/c1-3-7-18(16-10-12-17(13-11-16)19(22)24-2)21-20(23)25-14-15-8-5-4-6-9-15/h3-6,8-13,18H,1,7,14H2,2H3,(H,21,23). The summed E-state index contributed by atoms with van der Waals surface area (Å²) in [5, 5.41) is 2.82. The van der Waals surface area contributed by atoms with Crippen LogP contribution in [-0.2, 0) is 16.1 Å². The van der Waals surface area contributed by atoms with E-state index < -0.39 is 12.1 Å². The maximum absolute atomic E-state index is 12.1. The number of benzene rings is 2. The molecule has 2 aromatic rings. The van der Waals surface area contributed by atoms with Crippen LogP contribution in [0.4, 0.5) is 4.79 Å². The van der Waals surface area contributed by atoms with Crippen LogP contribution in [0.15, 0.2) is 67.3 Å². The number of carbonyl (C=O) groups is 2. The van der Waals surface area contributed by atoms with Crippen LogP contribution in [0.5, 0.6) is 0 Å². The Morgan fingerprint density at radius 3 is 2.40 bits per heavy atom. The Balaban J connectivity index is 1.98. The third kappa shape index (κ3) is 5.49. The van der Waals surface area contributed by atoms with E-state index in [1.165, 1.54) is 7.11 Å². The molecule has 0 heterocycles. The number of hydrogen-bond acceptors (Lipinski definition) is 4. The average molecular weight is 339 g/mol. The molecule has 0 aliphatic heterocycles. The minimum absolute atomic E-state index is 0.203. The Bertz CT molecular complexity index is 710. The molecular weight excluding hydrogens is 318 g/mol. The molecule has 0 bridgehead atoms. The molecule has 130 valence electrons. The fourth-order valence-electron chi connectivity index (χ4n) is 2.32. The van der Waals surface area contributed by atoms with Crippen molar-refractivity contribution in [3.05, 3.63) is 83.9 Å². The summed E-state index contributed by atoms with van der Waals surface area (Å²) in [6.45, 7) is 3.92. The Kier molecular flexibility index (Phi) is 6.77. The summed E-state index contributed by atoms with van der Waals surface area (Å²) in [7, 11) is 1.33. The van der Waals surface area contributed by atoms with Gasteiger partial charge in [-0.2, -0.15) is 0 Å². The van der Waals surface area contributed by atoms with Crippen LogP contribution in [0.3, 0.4) is 0 Å². The Labute approximate surface area is 147 Å². The molecular formula is C20H21NO4. The number of alkyl carbamates (subject to hydrolysis) is 1. The Morgan fingerprint density at radius 1 is 1.12 bits per heavy atom. The molecule has 0 aromatic heterocycles. The van der Waals surface area contributed by atoms with Gasteiger partial charge in [-0.3, -0.25) is 0 Å². The lowest BCUT2D eigenvalue weighted by molar-refractivity contribution is 0.0600. The van der Waals surface area contributed by atoms with Crippen LogP contribution in [0.2, 0.25) is 0 Å². The van der Waals surface area contributed by atoms with Crippen molar-refractivity contribution < 1.29 is 19.1 Å². The normalized spacial score (nSPS) is 11.2. The van der Waals surface area contributed by atoms with Crippen molar-refractivity contribution in [1.82, 2.24) is 5.32 Å². The molecule has 0 radical (unpaired) electrons. The molecule has 5 nitrogen and oxygen atoms in total. The summed E-state index contributed by atoms with van der Waals surface area (Å²) in [4.78, 5) is 23.5. The first-order valence-electron chi connectivity index (χ1n) is 7.90. The van der Waals surface area contributed by atoms with Gasteiger partial charge in [0.25, 0.3) is 0 Å². The summed E-state index contributed by atoms with van der Waals surface area (Å²) in [5.41, 5.74) is 2.22. The summed E-state index contributed by atoms with van der Waals surface area (Å²) in [5.74, 6) is -0.401. The maximum Gasteiger partial charge on any atom is 0.407 e. The van der Waals surface area contributed by atoms with E-state index >= 15 is 0 Å². The number of hydrogen-bond donors (Lipinski definition) is 1. The molecule has 1 N–H and O–H groups in total. The maximum atomic E-state index is 12.1. The minimum atomic E-state index is -0.507. The summed E-state index contributed by atoms with van der Waals surface area (Å²) in [6.07, 6.45) is 1.75. The molecule has 25 heavy (non-hydrogen) atoms. The van der Waals surface area contributed by atoms with Crippen LogP contribution in [-0.4, -0.2) is 19.2 Å². The molecule has 5 heteroatoms.